The van der Waals surface area contributed by atoms with Crippen LogP contribution in [0.1, 0.15) is 48.8 Å². The Morgan fingerprint density at radius 1 is 0.824 bits per heavy atom. The molecule has 2 aliphatic heterocycles. The van der Waals surface area contributed by atoms with Crippen LogP contribution in [0.15, 0.2) is 67.3 Å². The van der Waals surface area contributed by atoms with Crippen molar-refractivity contribution in [2.24, 2.45) is 0 Å². The van der Waals surface area contributed by atoms with E-state index in [-0.39, 0.29) is 35.1 Å². The highest BCUT2D eigenvalue weighted by atomic mass is 19.2. The Labute approximate surface area is 198 Å². The number of hydrogen-bond acceptors (Lipinski definition) is 2. The van der Waals surface area contributed by atoms with Crippen molar-refractivity contribution in [1.82, 2.24) is 0 Å². The summed E-state index contributed by atoms with van der Waals surface area (Å²) in [6.45, 7) is 4.77. The second-order valence-corrected chi connectivity index (χ2v) is 9.06. The van der Waals surface area contributed by atoms with Gasteiger partial charge in [0.1, 0.15) is 11.9 Å². The molecule has 0 N–H and O–H groups in total. The highest BCUT2D eigenvalue weighted by molar-refractivity contribution is 5.71. The SMILES string of the molecule is C=CCCC1CCC(c2ccc(-c3ccc(-c4ccc(C5CO5)c(F)c4F)cc3)c(F)c2)CO1. The van der Waals surface area contributed by atoms with E-state index in [1.165, 1.54) is 0 Å². The summed E-state index contributed by atoms with van der Waals surface area (Å²) < 4.78 is 55.1. The Morgan fingerprint density at radius 2 is 1.53 bits per heavy atom. The van der Waals surface area contributed by atoms with Crippen LogP contribution in [0.5, 0.6) is 0 Å². The molecule has 2 nitrogen and oxygen atoms in total. The average Bonchev–Trinajstić information content (AvgIpc) is 3.70. The molecule has 3 aromatic carbocycles. The lowest BCUT2D eigenvalue weighted by Gasteiger charge is -2.29. The van der Waals surface area contributed by atoms with Crippen LogP contribution in [0.3, 0.4) is 0 Å². The smallest absolute Gasteiger partial charge is 0.167 e. The third-order valence-corrected chi connectivity index (χ3v) is 6.83. The first-order chi connectivity index (χ1) is 16.5. The maximum atomic E-state index is 15.0. The molecule has 0 bridgehead atoms. The second-order valence-electron chi connectivity index (χ2n) is 9.06. The molecule has 0 aromatic heterocycles. The summed E-state index contributed by atoms with van der Waals surface area (Å²) in [5.41, 5.74) is 3.05. The van der Waals surface area contributed by atoms with Gasteiger partial charge in [-0.2, -0.15) is 0 Å². The van der Waals surface area contributed by atoms with E-state index in [1.807, 2.05) is 12.1 Å². The number of epoxide rings is 1. The molecule has 0 radical (unpaired) electrons. The lowest BCUT2D eigenvalue weighted by molar-refractivity contribution is -0.000212. The normalized spacial score (nSPS) is 21.9. The van der Waals surface area contributed by atoms with Crippen molar-refractivity contribution in [1.29, 1.82) is 0 Å². The van der Waals surface area contributed by atoms with E-state index in [1.54, 1.807) is 48.5 Å². The summed E-state index contributed by atoms with van der Waals surface area (Å²) in [6, 6.07) is 15.3. The van der Waals surface area contributed by atoms with Gasteiger partial charge in [0.05, 0.1) is 19.3 Å². The van der Waals surface area contributed by atoms with Crippen LogP contribution in [-0.4, -0.2) is 19.3 Å². The third-order valence-electron chi connectivity index (χ3n) is 6.83. The second kappa shape index (κ2) is 9.77. The van der Waals surface area contributed by atoms with Gasteiger partial charge in [-0.3, -0.25) is 0 Å². The number of halogens is 3. The quantitative estimate of drug-likeness (QED) is 0.264. The summed E-state index contributed by atoms with van der Waals surface area (Å²) in [7, 11) is 0. The van der Waals surface area contributed by atoms with Gasteiger partial charge in [-0.1, -0.05) is 54.6 Å². The van der Waals surface area contributed by atoms with Crippen molar-refractivity contribution in [2.45, 2.75) is 43.8 Å². The molecule has 0 saturated carbocycles. The van der Waals surface area contributed by atoms with Gasteiger partial charge in [0.15, 0.2) is 11.6 Å². The fourth-order valence-electron chi connectivity index (χ4n) is 4.71. The summed E-state index contributed by atoms with van der Waals surface area (Å²) >= 11 is 0. The van der Waals surface area contributed by atoms with Gasteiger partial charge in [-0.05, 0) is 48.4 Å². The molecule has 2 saturated heterocycles. The number of allylic oxidation sites excluding steroid dienone is 1. The van der Waals surface area contributed by atoms with Crippen LogP contribution < -0.4 is 0 Å². The number of hydrogen-bond donors (Lipinski definition) is 0. The first kappa shape index (κ1) is 22.9. The van der Waals surface area contributed by atoms with Gasteiger partial charge < -0.3 is 9.47 Å². The Kier molecular flexibility index (Phi) is 6.57. The van der Waals surface area contributed by atoms with Crippen LogP contribution in [0.2, 0.25) is 0 Å². The first-order valence-electron chi connectivity index (χ1n) is 11.8. The topological polar surface area (TPSA) is 21.8 Å². The summed E-state index contributed by atoms with van der Waals surface area (Å²) in [5, 5.41) is 0. The van der Waals surface area contributed by atoms with Gasteiger partial charge in [-0.15, -0.1) is 6.58 Å². The molecule has 3 atom stereocenters. The monoisotopic (exact) mass is 464 g/mol. The minimum Gasteiger partial charge on any atom is -0.378 e. The van der Waals surface area contributed by atoms with Crippen LogP contribution >= 0.6 is 0 Å². The Morgan fingerprint density at radius 3 is 2.15 bits per heavy atom. The average molecular weight is 465 g/mol. The van der Waals surface area contributed by atoms with Gasteiger partial charge in [-0.25, -0.2) is 13.2 Å². The molecule has 2 fully saturated rings. The molecule has 3 unspecified atom stereocenters. The molecule has 2 aliphatic rings. The Bertz CT molecular complexity index is 1180. The van der Waals surface area contributed by atoms with Crippen LogP contribution in [0, 0.1) is 17.5 Å². The summed E-state index contributed by atoms with van der Waals surface area (Å²) in [4.78, 5) is 0. The third kappa shape index (κ3) is 4.68. The van der Waals surface area contributed by atoms with Crippen molar-refractivity contribution in [3.05, 3.63) is 95.8 Å². The van der Waals surface area contributed by atoms with E-state index in [0.717, 1.165) is 31.2 Å². The van der Waals surface area contributed by atoms with E-state index >= 15 is 4.39 Å². The maximum Gasteiger partial charge on any atom is 0.167 e. The first-order valence-corrected chi connectivity index (χ1v) is 11.8. The lowest BCUT2D eigenvalue weighted by atomic mass is 9.89. The van der Waals surface area contributed by atoms with Crippen LogP contribution in [0.4, 0.5) is 13.2 Å². The Hall–Kier alpha value is -2.89. The molecule has 0 amide bonds. The van der Waals surface area contributed by atoms with E-state index in [0.29, 0.717) is 29.9 Å². The van der Waals surface area contributed by atoms with E-state index < -0.39 is 11.6 Å². The number of rotatable bonds is 7. The number of ether oxygens (including phenoxy) is 2. The van der Waals surface area contributed by atoms with Gasteiger partial charge in [0, 0.05) is 22.6 Å². The van der Waals surface area contributed by atoms with Crippen molar-refractivity contribution < 1.29 is 22.6 Å². The summed E-state index contributed by atoms with van der Waals surface area (Å²) in [6.07, 6.45) is 5.68. The molecule has 5 heteroatoms. The largest absolute Gasteiger partial charge is 0.378 e. The zero-order chi connectivity index (χ0) is 23.7. The van der Waals surface area contributed by atoms with Crippen molar-refractivity contribution in [3.8, 4) is 22.3 Å². The molecule has 5 rings (SSSR count). The van der Waals surface area contributed by atoms with Crippen molar-refractivity contribution >= 4 is 0 Å². The molecular weight excluding hydrogens is 437 g/mol. The van der Waals surface area contributed by atoms with Crippen LogP contribution in [-0.2, 0) is 9.47 Å². The van der Waals surface area contributed by atoms with E-state index in [2.05, 4.69) is 6.58 Å². The summed E-state index contributed by atoms with van der Waals surface area (Å²) in [5.74, 6) is -1.88. The zero-order valence-electron chi connectivity index (χ0n) is 18.9. The predicted molar refractivity (Wildman–Crippen MR) is 127 cm³/mol. The van der Waals surface area contributed by atoms with E-state index in [4.69, 9.17) is 9.47 Å². The fourth-order valence-corrected chi connectivity index (χ4v) is 4.71. The van der Waals surface area contributed by atoms with Crippen molar-refractivity contribution in [3.63, 3.8) is 0 Å². The minimum atomic E-state index is -0.891. The molecule has 176 valence electrons. The maximum absolute atomic E-state index is 15.0. The molecule has 2 heterocycles. The molecule has 34 heavy (non-hydrogen) atoms. The Balaban J connectivity index is 1.30. The standard InChI is InChI=1S/C29H27F3O2/c1-2-3-4-22-11-9-21(16-33-22)20-10-12-23(26(30)15-20)18-5-7-19(8-6-18)24-13-14-25(27-17-34-27)29(32)28(24)31/h2,5-8,10,12-15,21-22,27H,1,3-4,9,11,16-17H2. The highest BCUT2D eigenvalue weighted by Crippen LogP contribution is 2.37. The molecule has 3 aromatic rings. The van der Waals surface area contributed by atoms with Gasteiger partial charge >= 0.3 is 0 Å². The predicted octanol–water partition coefficient (Wildman–Crippen LogP) is 7.74. The zero-order valence-corrected chi connectivity index (χ0v) is 18.9. The van der Waals surface area contributed by atoms with Gasteiger partial charge in [0.2, 0.25) is 0 Å². The van der Waals surface area contributed by atoms with E-state index in [9.17, 15) is 8.78 Å². The molecule has 0 aliphatic carbocycles. The van der Waals surface area contributed by atoms with Crippen molar-refractivity contribution in [2.75, 3.05) is 13.2 Å². The molecular formula is C29H27F3O2. The van der Waals surface area contributed by atoms with Crippen LogP contribution in [0.25, 0.3) is 22.3 Å². The minimum absolute atomic E-state index is 0.174. The highest BCUT2D eigenvalue weighted by Gasteiger charge is 2.30. The lowest BCUT2D eigenvalue weighted by Crippen LogP contribution is -2.24. The fraction of sp³-hybridized carbons (Fsp3) is 0.310. The number of benzene rings is 3. The van der Waals surface area contributed by atoms with Gasteiger partial charge in [0.25, 0.3) is 0 Å². The molecule has 0 spiro atoms.